The van der Waals surface area contributed by atoms with Crippen molar-refractivity contribution in [2.45, 2.75) is 27.2 Å². The maximum Gasteiger partial charge on any atom is 0.412 e. The van der Waals surface area contributed by atoms with Crippen LogP contribution in [-0.2, 0) is 4.74 Å². The molecule has 0 bridgehead atoms. The van der Waals surface area contributed by atoms with E-state index in [4.69, 9.17) is 4.74 Å². The van der Waals surface area contributed by atoms with Crippen LogP contribution >= 0.6 is 0 Å². The fraction of sp³-hybridized carbons (Fsp3) is 0.412. The number of hydrogen-bond donors (Lipinski definition) is 1. The molecule has 1 atom stereocenters. The quantitative estimate of drug-likeness (QED) is 0.882. The Labute approximate surface area is 125 Å². The molecule has 4 nitrogen and oxygen atoms in total. The van der Waals surface area contributed by atoms with Crippen molar-refractivity contribution < 1.29 is 9.53 Å². The van der Waals surface area contributed by atoms with Gasteiger partial charge in [0.1, 0.15) is 5.82 Å². The van der Waals surface area contributed by atoms with Gasteiger partial charge in [-0.25, -0.2) is 9.78 Å². The molecular weight excluding hydrogens is 264 g/mol. The third kappa shape index (κ3) is 4.45. The number of anilines is 1. The van der Waals surface area contributed by atoms with Gasteiger partial charge in [0.25, 0.3) is 0 Å². The maximum atomic E-state index is 11.7. The topological polar surface area (TPSA) is 51.2 Å². The summed E-state index contributed by atoms with van der Waals surface area (Å²) >= 11 is 0. The number of carbonyl (C=O) groups is 1. The summed E-state index contributed by atoms with van der Waals surface area (Å²) in [4.78, 5) is 16.1. The minimum absolute atomic E-state index is 0.429. The number of ether oxygens (including phenoxy) is 1. The minimum atomic E-state index is -0.450. The molecule has 0 saturated heterocycles. The molecule has 1 aromatic heterocycles. The monoisotopic (exact) mass is 286 g/mol. The number of amides is 1. The maximum absolute atomic E-state index is 11.7. The predicted molar refractivity (Wildman–Crippen MR) is 85.3 cm³/mol. The number of para-hydroxylation sites is 1. The highest BCUT2D eigenvalue weighted by Crippen LogP contribution is 2.15. The Bertz CT molecular complexity index is 611. The van der Waals surface area contributed by atoms with Crippen molar-refractivity contribution in [2.24, 2.45) is 11.8 Å². The first-order valence-electron chi connectivity index (χ1n) is 7.36. The van der Waals surface area contributed by atoms with E-state index in [-0.39, 0.29) is 0 Å². The number of pyridine rings is 1. The number of benzene rings is 1. The van der Waals surface area contributed by atoms with Gasteiger partial charge in [0.15, 0.2) is 0 Å². The molecule has 0 spiro atoms. The smallest absolute Gasteiger partial charge is 0.412 e. The molecular formula is C17H22N2O2. The molecule has 0 aliphatic rings. The summed E-state index contributed by atoms with van der Waals surface area (Å²) in [7, 11) is 0. The summed E-state index contributed by atoms with van der Waals surface area (Å²) in [6.07, 6.45) is 0.421. The molecule has 0 aliphatic heterocycles. The molecule has 4 heteroatoms. The van der Waals surface area contributed by atoms with Gasteiger partial charge in [-0.2, -0.15) is 0 Å². The van der Waals surface area contributed by atoms with Gasteiger partial charge in [0, 0.05) is 5.39 Å². The van der Waals surface area contributed by atoms with Crippen LogP contribution in [0, 0.1) is 11.8 Å². The van der Waals surface area contributed by atoms with Crippen LogP contribution in [0.1, 0.15) is 27.2 Å². The van der Waals surface area contributed by atoms with E-state index in [1.165, 1.54) is 0 Å². The van der Waals surface area contributed by atoms with Crippen molar-refractivity contribution in [1.29, 1.82) is 0 Å². The molecule has 1 amide bonds. The molecule has 0 unspecified atom stereocenters. The lowest BCUT2D eigenvalue weighted by atomic mass is 9.95. The first-order valence-corrected chi connectivity index (χ1v) is 7.36. The Morgan fingerprint density at radius 2 is 1.95 bits per heavy atom. The second-order valence-corrected chi connectivity index (χ2v) is 5.66. The molecule has 1 N–H and O–H groups in total. The van der Waals surface area contributed by atoms with E-state index < -0.39 is 6.09 Å². The summed E-state index contributed by atoms with van der Waals surface area (Å²) in [6.45, 7) is 6.93. The zero-order valence-electron chi connectivity index (χ0n) is 12.8. The molecule has 0 radical (unpaired) electrons. The highest BCUT2D eigenvalue weighted by Gasteiger charge is 2.09. The van der Waals surface area contributed by atoms with Crippen LogP contribution in [0.3, 0.4) is 0 Å². The Kier molecular flexibility index (Phi) is 5.14. The third-order valence-corrected chi connectivity index (χ3v) is 3.77. The standard InChI is InChI=1S/C17H22N2O2/c1-12(2)13(3)10-11-21-17(20)19-16-9-8-14-6-4-5-7-15(14)18-16/h4-9,12-13H,10-11H2,1-3H3,(H,18,19,20)/t13-/m1/s1. The lowest BCUT2D eigenvalue weighted by Crippen LogP contribution is -2.17. The fourth-order valence-corrected chi connectivity index (χ4v) is 1.95. The second-order valence-electron chi connectivity index (χ2n) is 5.66. The Hall–Kier alpha value is -2.10. The van der Waals surface area contributed by atoms with Crippen LogP contribution in [-0.4, -0.2) is 17.7 Å². The van der Waals surface area contributed by atoms with E-state index in [0.29, 0.717) is 24.3 Å². The SMILES string of the molecule is CC(C)[C@H](C)CCOC(=O)Nc1ccc2ccccc2n1. The molecule has 1 heterocycles. The summed E-state index contributed by atoms with van der Waals surface area (Å²) in [5, 5.41) is 3.71. The van der Waals surface area contributed by atoms with Crippen molar-refractivity contribution in [3.63, 3.8) is 0 Å². The molecule has 1 aromatic carbocycles. The lowest BCUT2D eigenvalue weighted by molar-refractivity contribution is 0.150. The van der Waals surface area contributed by atoms with Gasteiger partial charge in [-0.1, -0.05) is 39.0 Å². The molecule has 0 fully saturated rings. The van der Waals surface area contributed by atoms with E-state index in [1.807, 2.05) is 30.3 Å². The number of carbonyl (C=O) groups excluding carboxylic acids is 1. The Morgan fingerprint density at radius 1 is 1.19 bits per heavy atom. The van der Waals surface area contributed by atoms with Crippen LogP contribution in [0.4, 0.5) is 10.6 Å². The Morgan fingerprint density at radius 3 is 2.71 bits per heavy atom. The first kappa shape index (κ1) is 15.3. The summed E-state index contributed by atoms with van der Waals surface area (Å²) in [5.74, 6) is 1.64. The van der Waals surface area contributed by atoms with Crippen LogP contribution in [0.25, 0.3) is 10.9 Å². The number of nitrogens with zero attached hydrogens (tertiary/aromatic N) is 1. The molecule has 0 aliphatic carbocycles. The van der Waals surface area contributed by atoms with Crippen molar-refractivity contribution in [2.75, 3.05) is 11.9 Å². The van der Waals surface area contributed by atoms with Gasteiger partial charge in [0.2, 0.25) is 0 Å². The van der Waals surface area contributed by atoms with Crippen molar-refractivity contribution in [3.05, 3.63) is 36.4 Å². The van der Waals surface area contributed by atoms with Gasteiger partial charge >= 0.3 is 6.09 Å². The molecule has 2 aromatic rings. The molecule has 2 rings (SSSR count). The average Bonchev–Trinajstić information content (AvgIpc) is 2.46. The zero-order valence-corrected chi connectivity index (χ0v) is 12.8. The third-order valence-electron chi connectivity index (χ3n) is 3.77. The number of nitrogens with one attached hydrogen (secondary N) is 1. The Balaban J connectivity index is 1.86. The number of aromatic nitrogens is 1. The van der Waals surface area contributed by atoms with Gasteiger partial charge in [-0.15, -0.1) is 0 Å². The van der Waals surface area contributed by atoms with E-state index in [1.54, 1.807) is 6.07 Å². The van der Waals surface area contributed by atoms with E-state index in [0.717, 1.165) is 17.3 Å². The number of hydrogen-bond acceptors (Lipinski definition) is 3. The van der Waals surface area contributed by atoms with E-state index in [9.17, 15) is 4.79 Å². The largest absolute Gasteiger partial charge is 0.449 e. The average molecular weight is 286 g/mol. The van der Waals surface area contributed by atoms with Crippen molar-refractivity contribution in [3.8, 4) is 0 Å². The first-order chi connectivity index (χ1) is 10.1. The molecule has 21 heavy (non-hydrogen) atoms. The van der Waals surface area contributed by atoms with Crippen LogP contribution in [0.5, 0.6) is 0 Å². The lowest BCUT2D eigenvalue weighted by Gasteiger charge is -2.15. The van der Waals surface area contributed by atoms with Crippen molar-refractivity contribution >= 4 is 22.8 Å². The fourth-order valence-electron chi connectivity index (χ4n) is 1.95. The van der Waals surface area contributed by atoms with Crippen LogP contribution in [0.15, 0.2) is 36.4 Å². The van der Waals surface area contributed by atoms with Crippen LogP contribution in [0.2, 0.25) is 0 Å². The summed E-state index contributed by atoms with van der Waals surface area (Å²) in [5.41, 5.74) is 0.851. The highest BCUT2D eigenvalue weighted by atomic mass is 16.5. The van der Waals surface area contributed by atoms with E-state index >= 15 is 0 Å². The molecule has 0 saturated carbocycles. The second kappa shape index (κ2) is 7.07. The zero-order chi connectivity index (χ0) is 15.2. The molecule has 112 valence electrons. The predicted octanol–water partition coefficient (Wildman–Crippen LogP) is 4.47. The van der Waals surface area contributed by atoms with Gasteiger partial charge in [-0.3, -0.25) is 5.32 Å². The summed E-state index contributed by atoms with van der Waals surface area (Å²) in [6, 6.07) is 11.5. The van der Waals surface area contributed by atoms with Gasteiger partial charge < -0.3 is 4.74 Å². The highest BCUT2D eigenvalue weighted by molar-refractivity contribution is 5.86. The number of fused-ring (bicyclic) bond motifs is 1. The summed E-state index contributed by atoms with van der Waals surface area (Å²) < 4.78 is 5.19. The van der Waals surface area contributed by atoms with Gasteiger partial charge in [-0.05, 0) is 36.5 Å². The normalized spacial score (nSPS) is 12.4. The van der Waals surface area contributed by atoms with E-state index in [2.05, 4.69) is 31.1 Å². The minimum Gasteiger partial charge on any atom is -0.449 e. The van der Waals surface area contributed by atoms with Crippen LogP contribution < -0.4 is 5.32 Å². The number of rotatable bonds is 5. The van der Waals surface area contributed by atoms with Gasteiger partial charge in [0.05, 0.1) is 12.1 Å². The van der Waals surface area contributed by atoms with Crippen molar-refractivity contribution in [1.82, 2.24) is 4.98 Å².